The van der Waals surface area contributed by atoms with Crippen LogP contribution < -0.4 is 4.90 Å². The van der Waals surface area contributed by atoms with Gasteiger partial charge in [-0.1, -0.05) is 20.8 Å². The average molecular weight is 352 g/mol. The third-order valence-electron chi connectivity index (χ3n) is 3.75. The second-order valence-corrected chi connectivity index (χ2v) is 7.28. The highest BCUT2D eigenvalue weighted by atomic mass is 19.1. The lowest BCUT2D eigenvalue weighted by molar-refractivity contribution is 0.0972. The molecule has 0 bridgehead atoms. The standard InChI is InChI=1S/C20H21FN4O/c1-20(2,3)14-24(16-7-5-15(21)6-8-16)19(26)18-13-17(9-11-22-18)25-12-4-10-23-25/h4-13H,14H2,1-3H3. The van der Waals surface area contributed by atoms with Crippen LogP contribution in [0.5, 0.6) is 0 Å². The number of rotatable bonds is 4. The summed E-state index contributed by atoms with van der Waals surface area (Å²) in [5, 5.41) is 4.18. The zero-order valence-electron chi connectivity index (χ0n) is 15.1. The van der Waals surface area contributed by atoms with Crippen LogP contribution in [0.3, 0.4) is 0 Å². The van der Waals surface area contributed by atoms with Gasteiger partial charge in [0.2, 0.25) is 0 Å². The Morgan fingerprint density at radius 3 is 2.50 bits per heavy atom. The van der Waals surface area contributed by atoms with Gasteiger partial charge in [-0.05, 0) is 47.9 Å². The Labute approximate surface area is 152 Å². The maximum atomic E-state index is 13.3. The summed E-state index contributed by atoms with van der Waals surface area (Å²) in [5.74, 6) is -0.573. The molecule has 134 valence electrons. The molecule has 0 unspecified atom stereocenters. The normalized spacial score (nSPS) is 11.4. The van der Waals surface area contributed by atoms with E-state index < -0.39 is 0 Å². The Morgan fingerprint density at radius 2 is 1.88 bits per heavy atom. The zero-order chi connectivity index (χ0) is 18.7. The summed E-state index contributed by atoms with van der Waals surface area (Å²) in [6.45, 7) is 6.62. The SMILES string of the molecule is CC(C)(C)CN(C(=O)c1cc(-n2cccn2)ccn1)c1ccc(F)cc1. The smallest absolute Gasteiger partial charge is 0.276 e. The van der Waals surface area contributed by atoms with Crippen LogP contribution in [0.2, 0.25) is 0 Å². The van der Waals surface area contributed by atoms with Crippen LogP contribution in [0, 0.1) is 11.2 Å². The second kappa shape index (κ2) is 7.07. The van der Waals surface area contributed by atoms with E-state index in [9.17, 15) is 9.18 Å². The molecule has 0 aliphatic carbocycles. The number of halogens is 1. The van der Waals surface area contributed by atoms with Gasteiger partial charge < -0.3 is 4.90 Å². The van der Waals surface area contributed by atoms with Gasteiger partial charge in [0.25, 0.3) is 5.91 Å². The Morgan fingerprint density at radius 1 is 1.15 bits per heavy atom. The van der Waals surface area contributed by atoms with Gasteiger partial charge in [0.05, 0.1) is 5.69 Å². The number of benzene rings is 1. The Balaban J connectivity index is 1.97. The molecule has 0 N–H and O–H groups in total. The molecule has 0 saturated heterocycles. The molecule has 0 aliphatic heterocycles. The first-order valence-corrected chi connectivity index (χ1v) is 8.37. The second-order valence-electron chi connectivity index (χ2n) is 7.28. The summed E-state index contributed by atoms with van der Waals surface area (Å²) in [5.41, 5.74) is 1.57. The quantitative estimate of drug-likeness (QED) is 0.710. The van der Waals surface area contributed by atoms with Crippen LogP contribution in [0.4, 0.5) is 10.1 Å². The van der Waals surface area contributed by atoms with E-state index in [1.54, 1.807) is 52.4 Å². The fraction of sp³-hybridized carbons (Fsp3) is 0.250. The van der Waals surface area contributed by atoms with Crippen molar-refractivity contribution < 1.29 is 9.18 Å². The highest BCUT2D eigenvalue weighted by Gasteiger charge is 2.25. The van der Waals surface area contributed by atoms with Gasteiger partial charge in [0.1, 0.15) is 11.5 Å². The number of nitrogens with zero attached hydrogens (tertiary/aromatic N) is 4. The van der Waals surface area contributed by atoms with Crippen LogP contribution in [0.25, 0.3) is 5.69 Å². The predicted octanol–water partition coefficient (Wildman–Crippen LogP) is 4.10. The van der Waals surface area contributed by atoms with Gasteiger partial charge in [0.15, 0.2) is 0 Å². The van der Waals surface area contributed by atoms with Crippen molar-refractivity contribution in [2.24, 2.45) is 5.41 Å². The summed E-state index contributed by atoms with van der Waals surface area (Å²) in [4.78, 5) is 19.0. The number of hydrogen-bond acceptors (Lipinski definition) is 3. The fourth-order valence-corrected chi connectivity index (χ4v) is 2.61. The number of aromatic nitrogens is 3. The molecule has 0 radical (unpaired) electrons. The molecule has 2 heterocycles. The fourth-order valence-electron chi connectivity index (χ4n) is 2.61. The van der Waals surface area contributed by atoms with Crippen LogP contribution in [-0.4, -0.2) is 27.2 Å². The first-order valence-electron chi connectivity index (χ1n) is 8.37. The number of carbonyl (C=O) groups excluding carboxylic acids is 1. The minimum atomic E-state index is -0.337. The molecule has 0 spiro atoms. The maximum absolute atomic E-state index is 13.3. The first-order chi connectivity index (χ1) is 12.3. The van der Waals surface area contributed by atoms with Crippen molar-refractivity contribution >= 4 is 11.6 Å². The molecular weight excluding hydrogens is 331 g/mol. The van der Waals surface area contributed by atoms with Gasteiger partial charge in [-0.15, -0.1) is 0 Å². The zero-order valence-corrected chi connectivity index (χ0v) is 15.1. The number of hydrogen-bond donors (Lipinski definition) is 0. The number of amides is 1. The van der Waals surface area contributed by atoms with Crippen LogP contribution in [-0.2, 0) is 0 Å². The Bertz CT molecular complexity index is 883. The lowest BCUT2D eigenvalue weighted by atomic mass is 9.95. The van der Waals surface area contributed by atoms with Crippen LogP contribution in [0.15, 0.2) is 61.1 Å². The number of carbonyl (C=O) groups is 1. The third-order valence-corrected chi connectivity index (χ3v) is 3.75. The molecule has 3 aromatic rings. The lowest BCUT2D eigenvalue weighted by Gasteiger charge is -2.30. The van der Waals surface area contributed by atoms with Gasteiger partial charge in [-0.25, -0.2) is 9.07 Å². The minimum absolute atomic E-state index is 0.135. The highest BCUT2D eigenvalue weighted by molar-refractivity contribution is 6.05. The van der Waals surface area contributed by atoms with Crippen molar-refractivity contribution in [2.45, 2.75) is 20.8 Å². The molecular formula is C20H21FN4O. The van der Waals surface area contributed by atoms with Crippen molar-refractivity contribution in [3.05, 3.63) is 72.6 Å². The molecule has 0 atom stereocenters. The molecule has 6 heteroatoms. The predicted molar refractivity (Wildman–Crippen MR) is 98.9 cm³/mol. The van der Waals surface area contributed by atoms with E-state index in [4.69, 9.17) is 0 Å². The van der Waals surface area contributed by atoms with Gasteiger partial charge in [0, 0.05) is 30.8 Å². The molecule has 1 amide bonds. The van der Waals surface area contributed by atoms with Crippen LogP contribution >= 0.6 is 0 Å². The van der Waals surface area contributed by atoms with Crippen molar-refractivity contribution in [1.29, 1.82) is 0 Å². The van der Waals surface area contributed by atoms with Crippen molar-refractivity contribution in [3.63, 3.8) is 0 Å². The Kier molecular flexibility index (Phi) is 4.84. The first kappa shape index (κ1) is 17.8. The minimum Gasteiger partial charge on any atom is -0.307 e. The summed E-state index contributed by atoms with van der Waals surface area (Å²) < 4.78 is 15.0. The largest absolute Gasteiger partial charge is 0.307 e. The van der Waals surface area contributed by atoms with E-state index in [2.05, 4.69) is 10.1 Å². The van der Waals surface area contributed by atoms with Gasteiger partial charge in [-0.2, -0.15) is 5.10 Å². The molecule has 26 heavy (non-hydrogen) atoms. The summed E-state index contributed by atoms with van der Waals surface area (Å²) in [7, 11) is 0. The maximum Gasteiger partial charge on any atom is 0.276 e. The average Bonchev–Trinajstić information content (AvgIpc) is 3.14. The van der Waals surface area contributed by atoms with E-state index >= 15 is 0 Å². The number of pyridine rings is 1. The topological polar surface area (TPSA) is 51.0 Å². The molecule has 2 aromatic heterocycles. The molecule has 0 aliphatic rings. The van der Waals surface area contributed by atoms with E-state index in [1.807, 2.05) is 26.8 Å². The van der Waals surface area contributed by atoms with Gasteiger partial charge >= 0.3 is 0 Å². The van der Waals surface area contributed by atoms with Crippen molar-refractivity contribution in [2.75, 3.05) is 11.4 Å². The molecule has 0 saturated carbocycles. The summed E-state index contributed by atoms with van der Waals surface area (Å²) in [6, 6.07) is 11.2. The Hall–Kier alpha value is -3.02. The van der Waals surface area contributed by atoms with E-state index in [0.717, 1.165) is 5.69 Å². The van der Waals surface area contributed by atoms with Crippen molar-refractivity contribution in [3.8, 4) is 5.69 Å². The molecule has 0 fully saturated rings. The summed E-state index contributed by atoms with van der Waals surface area (Å²) >= 11 is 0. The van der Waals surface area contributed by atoms with E-state index in [1.165, 1.54) is 12.1 Å². The summed E-state index contributed by atoms with van der Waals surface area (Å²) in [6.07, 6.45) is 5.06. The molecule has 3 rings (SSSR count). The van der Waals surface area contributed by atoms with E-state index in [-0.39, 0.29) is 17.1 Å². The number of anilines is 1. The van der Waals surface area contributed by atoms with E-state index in [0.29, 0.717) is 17.9 Å². The molecule has 1 aromatic carbocycles. The third kappa shape index (κ3) is 4.14. The van der Waals surface area contributed by atoms with Crippen LogP contribution in [0.1, 0.15) is 31.3 Å². The lowest BCUT2D eigenvalue weighted by Crippen LogP contribution is -2.38. The van der Waals surface area contributed by atoms with Crippen molar-refractivity contribution in [1.82, 2.24) is 14.8 Å². The highest BCUT2D eigenvalue weighted by Crippen LogP contribution is 2.24. The van der Waals surface area contributed by atoms with Gasteiger partial charge in [-0.3, -0.25) is 9.78 Å². The monoisotopic (exact) mass is 352 g/mol. The molecule has 5 nitrogen and oxygen atoms in total.